The first-order valence-corrected chi connectivity index (χ1v) is 10.0. The lowest BCUT2D eigenvalue weighted by Crippen LogP contribution is -2.32. The van der Waals surface area contributed by atoms with Gasteiger partial charge in [-0.2, -0.15) is 0 Å². The molecule has 0 saturated heterocycles. The average Bonchev–Trinajstić information content (AvgIpc) is 2.72. The number of amides is 1. The molecule has 0 aliphatic carbocycles. The molecule has 1 aromatic heterocycles. The molecule has 1 heterocycles. The third kappa shape index (κ3) is 4.20. The van der Waals surface area contributed by atoms with Crippen LogP contribution in [-0.2, 0) is 4.79 Å². The van der Waals surface area contributed by atoms with Gasteiger partial charge in [-0.3, -0.25) is 14.2 Å². The van der Waals surface area contributed by atoms with E-state index in [9.17, 15) is 9.59 Å². The highest BCUT2D eigenvalue weighted by Gasteiger charge is 2.20. The zero-order valence-electron chi connectivity index (χ0n) is 16.1. The van der Waals surface area contributed by atoms with E-state index in [0.29, 0.717) is 34.0 Å². The minimum absolute atomic E-state index is 0.0774. The number of methoxy groups -OCH3 is 1. The second kappa shape index (κ2) is 8.93. The molecule has 3 rings (SSSR count). The summed E-state index contributed by atoms with van der Waals surface area (Å²) in [6.07, 6.45) is 0.867. The second-order valence-electron chi connectivity index (χ2n) is 6.30. The molecule has 1 unspecified atom stereocenters. The van der Waals surface area contributed by atoms with Gasteiger partial charge >= 0.3 is 0 Å². The molecule has 6 nitrogen and oxygen atoms in total. The average molecular weight is 398 g/mol. The number of aromatic nitrogens is 2. The van der Waals surface area contributed by atoms with Crippen LogP contribution in [0.3, 0.4) is 0 Å². The zero-order chi connectivity index (χ0) is 20.1. The molecule has 0 aliphatic heterocycles. The number of carbonyl (C=O) groups is 1. The molecule has 0 fully saturated rings. The van der Waals surface area contributed by atoms with Gasteiger partial charge in [-0.05, 0) is 37.6 Å². The molecule has 3 aromatic rings. The molecule has 146 valence electrons. The molecular formula is C21H23N3O3S. The van der Waals surface area contributed by atoms with E-state index in [2.05, 4.69) is 10.3 Å². The van der Waals surface area contributed by atoms with Crippen molar-refractivity contribution < 1.29 is 9.53 Å². The third-order valence-electron chi connectivity index (χ3n) is 4.26. The minimum atomic E-state index is -0.392. The van der Waals surface area contributed by atoms with Crippen molar-refractivity contribution in [3.8, 4) is 11.4 Å². The summed E-state index contributed by atoms with van der Waals surface area (Å²) >= 11 is 1.27. The van der Waals surface area contributed by atoms with E-state index in [-0.39, 0.29) is 11.5 Å². The van der Waals surface area contributed by atoms with Crippen LogP contribution >= 0.6 is 11.8 Å². The first kappa shape index (κ1) is 19.9. The zero-order valence-corrected chi connectivity index (χ0v) is 17.0. The van der Waals surface area contributed by atoms with Gasteiger partial charge in [-0.15, -0.1) is 0 Å². The Morgan fingerprint density at radius 3 is 2.79 bits per heavy atom. The van der Waals surface area contributed by atoms with Crippen LogP contribution in [0.15, 0.2) is 58.5 Å². The Bertz CT molecular complexity index is 1050. The maximum atomic E-state index is 13.2. The van der Waals surface area contributed by atoms with Crippen LogP contribution in [0.25, 0.3) is 16.6 Å². The van der Waals surface area contributed by atoms with Crippen molar-refractivity contribution in [3.63, 3.8) is 0 Å². The number of nitrogens with one attached hydrogen (secondary N) is 1. The van der Waals surface area contributed by atoms with Gasteiger partial charge < -0.3 is 10.1 Å². The molecule has 0 saturated carbocycles. The summed E-state index contributed by atoms with van der Waals surface area (Å²) in [5.41, 5.74) is 1.07. The lowest BCUT2D eigenvalue weighted by atomic mass is 10.2. The highest BCUT2D eigenvalue weighted by atomic mass is 32.2. The van der Waals surface area contributed by atoms with Crippen LogP contribution < -0.4 is 15.6 Å². The number of benzene rings is 2. The van der Waals surface area contributed by atoms with Gasteiger partial charge in [0.05, 0.1) is 29.0 Å². The predicted molar refractivity (Wildman–Crippen MR) is 113 cm³/mol. The highest BCUT2D eigenvalue weighted by Crippen LogP contribution is 2.26. The fourth-order valence-corrected chi connectivity index (χ4v) is 3.72. The summed E-state index contributed by atoms with van der Waals surface area (Å²) in [5, 5.41) is 3.49. The number of hydrogen-bond donors (Lipinski definition) is 1. The second-order valence-corrected chi connectivity index (χ2v) is 7.61. The first-order valence-electron chi connectivity index (χ1n) is 9.15. The summed E-state index contributed by atoms with van der Waals surface area (Å²) in [6, 6.07) is 14.5. The normalized spacial score (nSPS) is 12.0. The lowest BCUT2D eigenvalue weighted by molar-refractivity contribution is -0.120. The van der Waals surface area contributed by atoms with E-state index in [1.54, 1.807) is 29.9 Å². The largest absolute Gasteiger partial charge is 0.497 e. The fraction of sp³-hybridized carbons (Fsp3) is 0.286. The maximum Gasteiger partial charge on any atom is 0.266 e. The Balaban J connectivity index is 2.12. The number of fused-ring (bicyclic) bond motifs is 1. The molecular weight excluding hydrogens is 374 g/mol. The molecule has 2 aromatic carbocycles. The summed E-state index contributed by atoms with van der Waals surface area (Å²) in [6.45, 7) is 4.44. The Kier molecular flexibility index (Phi) is 6.36. The van der Waals surface area contributed by atoms with Crippen molar-refractivity contribution >= 4 is 28.6 Å². The summed E-state index contributed by atoms with van der Waals surface area (Å²) < 4.78 is 6.84. The number of rotatable bonds is 7. The fourth-order valence-electron chi connectivity index (χ4n) is 2.77. The SMILES string of the molecule is CCCNC(=O)C(C)Sc1nc2ccccc2c(=O)n1-c1cccc(OC)c1. The summed E-state index contributed by atoms with van der Waals surface area (Å²) in [7, 11) is 1.58. The molecule has 0 spiro atoms. The standard InChI is InChI=1S/C21H23N3O3S/c1-4-12-22-19(25)14(2)28-21-23-18-11-6-5-10-17(18)20(26)24(21)15-8-7-9-16(13-15)27-3/h5-11,13-14H,4,12H2,1-3H3,(H,22,25). The van der Waals surface area contributed by atoms with E-state index in [4.69, 9.17) is 4.74 Å². The van der Waals surface area contributed by atoms with E-state index in [1.165, 1.54) is 11.8 Å². The molecule has 7 heteroatoms. The van der Waals surface area contributed by atoms with Gasteiger partial charge in [-0.25, -0.2) is 4.98 Å². The number of hydrogen-bond acceptors (Lipinski definition) is 5. The minimum Gasteiger partial charge on any atom is -0.497 e. The van der Waals surface area contributed by atoms with Crippen LogP contribution in [0, 0.1) is 0 Å². The van der Waals surface area contributed by atoms with Crippen LogP contribution in [0.2, 0.25) is 0 Å². The Morgan fingerprint density at radius 1 is 1.25 bits per heavy atom. The molecule has 0 radical (unpaired) electrons. The molecule has 0 aliphatic rings. The first-order chi connectivity index (χ1) is 13.5. The highest BCUT2D eigenvalue weighted by molar-refractivity contribution is 8.00. The van der Waals surface area contributed by atoms with Crippen molar-refractivity contribution in [1.29, 1.82) is 0 Å². The van der Waals surface area contributed by atoms with Crippen molar-refractivity contribution in [2.24, 2.45) is 0 Å². The lowest BCUT2D eigenvalue weighted by Gasteiger charge is -2.16. The van der Waals surface area contributed by atoms with Gasteiger partial charge in [0.1, 0.15) is 5.75 Å². The topological polar surface area (TPSA) is 73.2 Å². The van der Waals surface area contributed by atoms with Crippen LogP contribution in [0.4, 0.5) is 0 Å². The number of para-hydroxylation sites is 1. The Hall–Kier alpha value is -2.80. The molecule has 28 heavy (non-hydrogen) atoms. The number of ether oxygens (including phenoxy) is 1. The maximum absolute atomic E-state index is 13.2. The van der Waals surface area contributed by atoms with Crippen molar-refractivity contribution in [3.05, 3.63) is 58.9 Å². The summed E-state index contributed by atoms with van der Waals surface area (Å²) in [5.74, 6) is 0.564. The van der Waals surface area contributed by atoms with Gasteiger partial charge in [0.2, 0.25) is 5.91 Å². The quantitative estimate of drug-likeness (QED) is 0.489. The van der Waals surface area contributed by atoms with E-state index >= 15 is 0 Å². The molecule has 0 bridgehead atoms. The van der Waals surface area contributed by atoms with Gasteiger partial charge in [0.25, 0.3) is 5.56 Å². The van der Waals surface area contributed by atoms with Crippen molar-refractivity contribution in [2.75, 3.05) is 13.7 Å². The molecule has 1 amide bonds. The summed E-state index contributed by atoms with van der Waals surface area (Å²) in [4.78, 5) is 30.3. The van der Waals surface area contributed by atoms with Gasteiger partial charge in [-0.1, -0.05) is 36.9 Å². The smallest absolute Gasteiger partial charge is 0.266 e. The molecule has 1 atom stereocenters. The van der Waals surface area contributed by atoms with Gasteiger partial charge in [0.15, 0.2) is 5.16 Å². The van der Waals surface area contributed by atoms with Crippen LogP contribution in [0.5, 0.6) is 5.75 Å². The van der Waals surface area contributed by atoms with Crippen molar-refractivity contribution in [2.45, 2.75) is 30.7 Å². The van der Waals surface area contributed by atoms with E-state index < -0.39 is 5.25 Å². The number of thioether (sulfide) groups is 1. The van der Waals surface area contributed by atoms with Crippen molar-refractivity contribution in [1.82, 2.24) is 14.9 Å². The van der Waals surface area contributed by atoms with Crippen LogP contribution in [-0.4, -0.2) is 34.4 Å². The number of nitrogens with zero attached hydrogens (tertiary/aromatic N) is 2. The molecule has 1 N–H and O–H groups in total. The monoisotopic (exact) mass is 397 g/mol. The third-order valence-corrected chi connectivity index (χ3v) is 5.31. The number of carbonyl (C=O) groups excluding carboxylic acids is 1. The Morgan fingerprint density at radius 2 is 2.04 bits per heavy atom. The van der Waals surface area contributed by atoms with Crippen LogP contribution in [0.1, 0.15) is 20.3 Å². The predicted octanol–water partition coefficient (Wildman–Crippen LogP) is 3.40. The van der Waals surface area contributed by atoms with E-state index in [0.717, 1.165) is 6.42 Å². The van der Waals surface area contributed by atoms with Gasteiger partial charge in [0, 0.05) is 12.6 Å². The Labute approximate surface area is 167 Å². The van der Waals surface area contributed by atoms with E-state index in [1.807, 2.05) is 44.2 Å².